The summed E-state index contributed by atoms with van der Waals surface area (Å²) in [4.78, 5) is 4.07. The van der Waals surface area contributed by atoms with E-state index in [4.69, 9.17) is 20.4 Å². The molecular weight excluding hydrogens is 338 g/mol. The maximum atomic E-state index is 8.75. The fourth-order valence-corrected chi connectivity index (χ4v) is 2.09. The summed E-state index contributed by atoms with van der Waals surface area (Å²) < 4.78 is 11.7. The lowest BCUT2D eigenvalue weighted by Gasteiger charge is -2.10. The second-order valence-corrected chi connectivity index (χ2v) is 5.10. The van der Waals surface area contributed by atoms with E-state index < -0.39 is 0 Å². The molecule has 1 aromatic carbocycles. The normalized spacial score (nSPS) is 11.2. The van der Waals surface area contributed by atoms with Gasteiger partial charge in [-0.15, -0.1) is 0 Å². The molecule has 0 unspecified atom stereocenters. The lowest BCUT2D eigenvalue weighted by Crippen LogP contribution is -2.13. The molecule has 0 aliphatic carbocycles. The average molecular weight is 352 g/mol. The third kappa shape index (κ3) is 4.09. The first kappa shape index (κ1) is 15.1. The van der Waals surface area contributed by atoms with E-state index in [9.17, 15) is 0 Å². The van der Waals surface area contributed by atoms with Crippen molar-refractivity contribution in [1.82, 2.24) is 4.98 Å². The van der Waals surface area contributed by atoms with Crippen molar-refractivity contribution in [1.29, 1.82) is 0 Å². The molecule has 0 bridgehead atoms. The largest absolute Gasteiger partial charge is 0.497 e. The number of halogens is 1. The van der Waals surface area contributed by atoms with Crippen LogP contribution >= 0.6 is 15.9 Å². The number of oxime groups is 1. The Morgan fingerprint density at radius 1 is 1.29 bits per heavy atom. The molecular formula is C14H14BrN3O3. The molecule has 7 heteroatoms. The fourth-order valence-electron chi connectivity index (χ4n) is 1.68. The number of pyridine rings is 1. The molecule has 1 heterocycles. The van der Waals surface area contributed by atoms with E-state index in [2.05, 4.69) is 26.1 Å². The number of nitrogens with two attached hydrogens (primary N) is 1. The maximum Gasteiger partial charge on any atom is 0.170 e. The number of amidine groups is 1. The summed E-state index contributed by atoms with van der Waals surface area (Å²) in [6, 6.07) is 6.96. The Kier molecular flexibility index (Phi) is 4.99. The zero-order valence-corrected chi connectivity index (χ0v) is 12.9. The predicted molar refractivity (Wildman–Crippen MR) is 81.8 cm³/mol. The average Bonchev–Trinajstić information content (AvgIpc) is 2.51. The zero-order chi connectivity index (χ0) is 15.2. The SMILES string of the molecule is COc1cc(OCc2cncc(Br)c2)cc(/C(N)=N/O)c1. The highest BCUT2D eigenvalue weighted by Crippen LogP contribution is 2.23. The van der Waals surface area contributed by atoms with Crippen molar-refractivity contribution in [3.05, 3.63) is 52.3 Å². The van der Waals surface area contributed by atoms with Gasteiger partial charge in [-0.1, -0.05) is 5.16 Å². The minimum atomic E-state index is -0.0112. The summed E-state index contributed by atoms with van der Waals surface area (Å²) >= 11 is 3.35. The molecule has 0 spiro atoms. The van der Waals surface area contributed by atoms with Crippen LogP contribution in [0.15, 0.2) is 46.3 Å². The van der Waals surface area contributed by atoms with Crippen LogP contribution in [0.1, 0.15) is 11.1 Å². The van der Waals surface area contributed by atoms with Crippen LogP contribution < -0.4 is 15.2 Å². The van der Waals surface area contributed by atoms with Gasteiger partial charge in [0.05, 0.1) is 7.11 Å². The number of nitrogens with zero attached hydrogens (tertiary/aromatic N) is 2. The van der Waals surface area contributed by atoms with Crippen LogP contribution in [-0.2, 0) is 6.61 Å². The van der Waals surface area contributed by atoms with Gasteiger partial charge in [0.2, 0.25) is 0 Å². The van der Waals surface area contributed by atoms with Gasteiger partial charge in [-0.3, -0.25) is 4.98 Å². The smallest absolute Gasteiger partial charge is 0.170 e. The van der Waals surface area contributed by atoms with Gasteiger partial charge >= 0.3 is 0 Å². The Hall–Kier alpha value is -2.28. The van der Waals surface area contributed by atoms with Gasteiger partial charge < -0.3 is 20.4 Å². The first-order valence-electron chi connectivity index (χ1n) is 6.01. The Bertz CT molecular complexity index is 662. The van der Waals surface area contributed by atoms with Crippen molar-refractivity contribution < 1.29 is 14.7 Å². The predicted octanol–water partition coefficient (Wildman–Crippen LogP) is 2.53. The molecule has 0 atom stereocenters. The number of hydrogen-bond donors (Lipinski definition) is 2. The molecule has 2 aromatic rings. The van der Waals surface area contributed by atoms with Gasteiger partial charge in [-0.25, -0.2) is 0 Å². The van der Waals surface area contributed by atoms with Gasteiger partial charge in [0.1, 0.15) is 18.1 Å². The Morgan fingerprint density at radius 3 is 2.71 bits per heavy atom. The second-order valence-electron chi connectivity index (χ2n) is 4.18. The monoisotopic (exact) mass is 351 g/mol. The van der Waals surface area contributed by atoms with Crippen LogP contribution in [0, 0.1) is 0 Å². The summed E-state index contributed by atoms with van der Waals surface area (Å²) in [6.07, 6.45) is 3.42. The topological polar surface area (TPSA) is 90.0 Å². The molecule has 0 saturated heterocycles. The third-order valence-electron chi connectivity index (χ3n) is 2.69. The summed E-state index contributed by atoms with van der Waals surface area (Å²) in [5.74, 6) is 1.10. The Labute approximate surface area is 130 Å². The molecule has 0 radical (unpaired) electrons. The first-order valence-corrected chi connectivity index (χ1v) is 6.81. The molecule has 2 rings (SSSR count). The first-order chi connectivity index (χ1) is 10.1. The number of rotatable bonds is 5. The number of ether oxygens (including phenoxy) is 2. The molecule has 1 aromatic heterocycles. The minimum absolute atomic E-state index is 0.0112. The molecule has 0 aliphatic heterocycles. The molecule has 0 fully saturated rings. The molecule has 0 aliphatic rings. The van der Waals surface area contributed by atoms with E-state index >= 15 is 0 Å². The van der Waals surface area contributed by atoms with Crippen molar-refractivity contribution in [2.24, 2.45) is 10.9 Å². The maximum absolute atomic E-state index is 8.75. The van der Waals surface area contributed by atoms with E-state index in [1.165, 1.54) is 7.11 Å². The molecule has 0 saturated carbocycles. The molecule has 110 valence electrons. The van der Waals surface area contributed by atoms with Crippen LogP contribution in [0.3, 0.4) is 0 Å². The van der Waals surface area contributed by atoms with Crippen molar-refractivity contribution in [3.63, 3.8) is 0 Å². The van der Waals surface area contributed by atoms with Gasteiger partial charge in [0.25, 0.3) is 0 Å². The standard InChI is InChI=1S/C14H14BrN3O3/c1-20-12-3-10(14(16)18-19)4-13(5-12)21-8-9-2-11(15)7-17-6-9/h2-7,19H,8H2,1H3,(H2,16,18). The van der Waals surface area contributed by atoms with E-state index in [0.717, 1.165) is 10.0 Å². The van der Waals surface area contributed by atoms with Crippen LogP contribution in [0.25, 0.3) is 0 Å². The van der Waals surface area contributed by atoms with Crippen LogP contribution in [0.5, 0.6) is 11.5 Å². The van der Waals surface area contributed by atoms with Crippen LogP contribution in [-0.4, -0.2) is 23.1 Å². The lowest BCUT2D eigenvalue weighted by molar-refractivity contribution is 0.303. The van der Waals surface area contributed by atoms with Gasteiger partial charge in [-0.05, 0) is 34.1 Å². The number of benzene rings is 1. The Morgan fingerprint density at radius 2 is 2.05 bits per heavy atom. The quantitative estimate of drug-likeness (QED) is 0.374. The number of methoxy groups -OCH3 is 1. The van der Waals surface area contributed by atoms with E-state index in [1.807, 2.05) is 6.07 Å². The molecule has 0 amide bonds. The molecule has 21 heavy (non-hydrogen) atoms. The lowest BCUT2D eigenvalue weighted by atomic mass is 10.2. The number of aromatic nitrogens is 1. The summed E-state index contributed by atoms with van der Waals surface area (Å²) in [6.45, 7) is 0.342. The third-order valence-corrected chi connectivity index (χ3v) is 3.12. The fraction of sp³-hybridized carbons (Fsp3) is 0.143. The Balaban J connectivity index is 2.19. The van der Waals surface area contributed by atoms with Crippen molar-refractivity contribution in [2.45, 2.75) is 6.61 Å². The van der Waals surface area contributed by atoms with E-state index in [1.54, 1.807) is 30.6 Å². The zero-order valence-electron chi connectivity index (χ0n) is 11.3. The van der Waals surface area contributed by atoms with E-state index in [-0.39, 0.29) is 5.84 Å². The minimum Gasteiger partial charge on any atom is -0.497 e. The second kappa shape index (κ2) is 6.94. The van der Waals surface area contributed by atoms with E-state index in [0.29, 0.717) is 23.7 Å². The molecule has 6 nitrogen and oxygen atoms in total. The van der Waals surface area contributed by atoms with Crippen molar-refractivity contribution >= 4 is 21.8 Å². The van der Waals surface area contributed by atoms with Crippen LogP contribution in [0.2, 0.25) is 0 Å². The highest BCUT2D eigenvalue weighted by molar-refractivity contribution is 9.10. The summed E-state index contributed by atoms with van der Waals surface area (Å²) in [5, 5.41) is 11.7. The van der Waals surface area contributed by atoms with Crippen LogP contribution in [0.4, 0.5) is 0 Å². The summed E-state index contributed by atoms with van der Waals surface area (Å²) in [7, 11) is 1.54. The van der Waals surface area contributed by atoms with Crippen molar-refractivity contribution in [2.75, 3.05) is 7.11 Å². The highest BCUT2D eigenvalue weighted by atomic mass is 79.9. The summed E-state index contributed by atoms with van der Waals surface area (Å²) in [5.41, 5.74) is 7.01. The van der Waals surface area contributed by atoms with Gasteiger partial charge in [-0.2, -0.15) is 0 Å². The number of hydrogen-bond acceptors (Lipinski definition) is 5. The highest BCUT2D eigenvalue weighted by Gasteiger charge is 2.07. The molecule has 3 N–H and O–H groups in total. The van der Waals surface area contributed by atoms with Gasteiger partial charge in [0, 0.05) is 34.1 Å². The van der Waals surface area contributed by atoms with Gasteiger partial charge in [0.15, 0.2) is 5.84 Å². The van der Waals surface area contributed by atoms with Crippen molar-refractivity contribution in [3.8, 4) is 11.5 Å².